The van der Waals surface area contributed by atoms with Crippen molar-refractivity contribution >= 4 is 5.91 Å². The largest absolute Gasteiger partial charge is 0.292 e. The summed E-state index contributed by atoms with van der Waals surface area (Å²) in [5.74, 6) is -2.94. The van der Waals surface area contributed by atoms with Gasteiger partial charge >= 0.3 is 0 Å². The van der Waals surface area contributed by atoms with Crippen LogP contribution in [0.5, 0.6) is 0 Å². The average molecular weight is 223 g/mol. The maximum Gasteiger partial charge on any atom is 0.222 e. The Morgan fingerprint density at radius 1 is 1.44 bits per heavy atom. The number of carbonyl (C=O) groups excluding carboxylic acids is 1. The van der Waals surface area contributed by atoms with E-state index in [4.69, 9.17) is 5.53 Å². The van der Waals surface area contributed by atoms with Crippen molar-refractivity contribution in [2.24, 2.45) is 11.0 Å². The summed E-state index contributed by atoms with van der Waals surface area (Å²) in [7, 11) is 0. The summed E-state index contributed by atoms with van der Waals surface area (Å²) < 4.78 is 25.6. The maximum atomic E-state index is 12.9. The van der Waals surface area contributed by atoms with E-state index in [1.165, 1.54) is 6.07 Å². The van der Waals surface area contributed by atoms with Crippen LogP contribution in [0, 0.1) is 17.6 Å². The first-order chi connectivity index (χ1) is 7.63. The molecule has 82 valence electrons. The second-order valence-corrected chi connectivity index (χ2v) is 3.65. The molecule has 1 aromatic carbocycles. The van der Waals surface area contributed by atoms with Gasteiger partial charge in [-0.25, -0.2) is 8.78 Å². The lowest BCUT2D eigenvalue weighted by Gasteiger charge is -1.99. The monoisotopic (exact) mass is 223 g/mol. The van der Waals surface area contributed by atoms with Crippen LogP contribution >= 0.6 is 0 Å². The van der Waals surface area contributed by atoms with E-state index in [1.807, 2.05) is 0 Å². The van der Waals surface area contributed by atoms with E-state index < -0.39 is 17.5 Å². The smallest absolute Gasteiger partial charge is 0.222 e. The fourth-order valence-corrected chi connectivity index (χ4v) is 1.70. The number of carbonyl (C=O) groups is 1. The number of hydrogen-bond acceptors (Lipinski definition) is 1. The van der Waals surface area contributed by atoms with Crippen LogP contribution in [0.1, 0.15) is 17.9 Å². The summed E-state index contributed by atoms with van der Waals surface area (Å²) in [4.78, 5) is 13.6. The SMILES string of the molecule is [N-]=[N+]=NC(=O)[C@@H]1C[C@@H]1c1ccc(F)c(F)c1. The predicted octanol–water partition coefficient (Wildman–Crippen LogP) is 2.91. The van der Waals surface area contributed by atoms with E-state index in [-0.39, 0.29) is 11.8 Å². The Morgan fingerprint density at radius 3 is 2.81 bits per heavy atom. The molecule has 4 nitrogen and oxygen atoms in total. The summed E-state index contributed by atoms with van der Waals surface area (Å²) in [6.07, 6.45) is 0.517. The highest BCUT2D eigenvalue weighted by atomic mass is 19.2. The van der Waals surface area contributed by atoms with Crippen LogP contribution in [-0.4, -0.2) is 5.91 Å². The molecule has 0 aromatic heterocycles. The Labute approximate surface area is 89.5 Å². The molecule has 1 aliphatic carbocycles. The first-order valence-electron chi connectivity index (χ1n) is 4.67. The Morgan fingerprint density at radius 2 is 2.19 bits per heavy atom. The molecule has 0 bridgehead atoms. The fraction of sp³-hybridized carbons (Fsp3) is 0.300. The number of amides is 1. The number of rotatable bonds is 2. The van der Waals surface area contributed by atoms with Crippen LogP contribution in [0.4, 0.5) is 8.78 Å². The zero-order valence-electron chi connectivity index (χ0n) is 8.10. The van der Waals surface area contributed by atoms with Gasteiger partial charge < -0.3 is 0 Å². The lowest BCUT2D eigenvalue weighted by Crippen LogP contribution is -1.97. The number of azide groups is 1. The highest BCUT2D eigenvalue weighted by molar-refractivity contribution is 5.83. The molecule has 0 radical (unpaired) electrons. The second kappa shape index (κ2) is 3.90. The topological polar surface area (TPSA) is 65.8 Å². The van der Waals surface area contributed by atoms with Gasteiger partial charge in [-0.05, 0) is 40.7 Å². The molecule has 16 heavy (non-hydrogen) atoms. The van der Waals surface area contributed by atoms with Gasteiger partial charge in [0.05, 0.1) is 0 Å². The van der Waals surface area contributed by atoms with Crippen LogP contribution in [0.25, 0.3) is 10.4 Å². The summed E-state index contributed by atoms with van der Waals surface area (Å²) >= 11 is 0. The van der Waals surface area contributed by atoms with Gasteiger partial charge in [-0.15, -0.1) is 0 Å². The zero-order valence-corrected chi connectivity index (χ0v) is 8.10. The Balaban J connectivity index is 2.14. The summed E-state index contributed by atoms with van der Waals surface area (Å²) in [5, 5.41) is 2.98. The number of halogens is 2. The second-order valence-electron chi connectivity index (χ2n) is 3.65. The van der Waals surface area contributed by atoms with Crippen molar-refractivity contribution in [3.63, 3.8) is 0 Å². The lowest BCUT2D eigenvalue weighted by molar-refractivity contribution is -0.119. The molecule has 0 heterocycles. The van der Waals surface area contributed by atoms with Gasteiger partial charge in [0, 0.05) is 10.8 Å². The zero-order chi connectivity index (χ0) is 11.7. The third-order valence-corrected chi connectivity index (χ3v) is 2.62. The molecular weight excluding hydrogens is 216 g/mol. The molecule has 0 spiro atoms. The highest BCUT2D eigenvalue weighted by Crippen LogP contribution is 2.48. The van der Waals surface area contributed by atoms with E-state index in [2.05, 4.69) is 10.0 Å². The van der Waals surface area contributed by atoms with Gasteiger partial charge in [-0.3, -0.25) is 4.79 Å². The minimum atomic E-state index is -0.931. The molecule has 0 saturated heterocycles. The first-order valence-corrected chi connectivity index (χ1v) is 4.67. The van der Waals surface area contributed by atoms with Crippen molar-refractivity contribution in [1.29, 1.82) is 0 Å². The van der Waals surface area contributed by atoms with E-state index in [0.29, 0.717) is 12.0 Å². The highest BCUT2D eigenvalue weighted by Gasteiger charge is 2.43. The molecule has 1 aromatic rings. The van der Waals surface area contributed by atoms with Crippen LogP contribution in [0.15, 0.2) is 23.3 Å². The Kier molecular flexibility index (Phi) is 2.58. The molecule has 0 unspecified atom stereocenters. The normalized spacial score (nSPS) is 22.4. The van der Waals surface area contributed by atoms with Crippen molar-refractivity contribution in [2.45, 2.75) is 12.3 Å². The quantitative estimate of drug-likeness (QED) is 0.431. The molecule has 1 saturated carbocycles. The minimum Gasteiger partial charge on any atom is -0.292 e. The van der Waals surface area contributed by atoms with Gasteiger partial charge in [-0.2, -0.15) is 0 Å². The van der Waals surface area contributed by atoms with E-state index in [9.17, 15) is 13.6 Å². The van der Waals surface area contributed by atoms with E-state index >= 15 is 0 Å². The van der Waals surface area contributed by atoms with Crippen molar-refractivity contribution in [2.75, 3.05) is 0 Å². The van der Waals surface area contributed by atoms with Crippen LogP contribution < -0.4 is 0 Å². The number of hydrogen-bond donors (Lipinski definition) is 0. The minimum absolute atomic E-state index is 0.159. The molecule has 6 heteroatoms. The third-order valence-electron chi connectivity index (χ3n) is 2.62. The van der Waals surface area contributed by atoms with Gasteiger partial charge in [0.1, 0.15) is 0 Å². The van der Waals surface area contributed by atoms with Crippen molar-refractivity contribution in [3.05, 3.63) is 45.8 Å². The van der Waals surface area contributed by atoms with E-state index in [0.717, 1.165) is 12.1 Å². The lowest BCUT2D eigenvalue weighted by atomic mass is 10.1. The molecule has 0 N–H and O–H groups in total. The van der Waals surface area contributed by atoms with Crippen LogP contribution in [0.2, 0.25) is 0 Å². The molecule has 1 fully saturated rings. The molecule has 2 atom stereocenters. The number of nitrogens with zero attached hydrogens (tertiary/aromatic N) is 3. The molecule has 0 aliphatic heterocycles. The number of benzene rings is 1. The summed E-state index contributed by atoms with van der Waals surface area (Å²) in [5.41, 5.74) is 8.64. The first kappa shape index (κ1) is 10.6. The molecule has 2 rings (SSSR count). The predicted molar refractivity (Wildman–Crippen MR) is 51.4 cm³/mol. The van der Waals surface area contributed by atoms with Gasteiger partial charge in [0.15, 0.2) is 11.6 Å². The summed E-state index contributed by atoms with van der Waals surface area (Å²) in [6.45, 7) is 0. The maximum absolute atomic E-state index is 12.9. The molecule has 1 amide bonds. The third kappa shape index (κ3) is 1.87. The average Bonchev–Trinajstić information content (AvgIpc) is 3.02. The van der Waals surface area contributed by atoms with Gasteiger partial charge in [0.2, 0.25) is 5.91 Å². The molecular formula is C10H7F2N3O. The van der Waals surface area contributed by atoms with Crippen LogP contribution in [0.3, 0.4) is 0 Å². The molecule has 1 aliphatic rings. The van der Waals surface area contributed by atoms with Gasteiger partial charge in [-0.1, -0.05) is 6.07 Å². The van der Waals surface area contributed by atoms with E-state index in [1.54, 1.807) is 0 Å². The summed E-state index contributed by atoms with van der Waals surface area (Å²) in [6, 6.07) is 3.54. The van der Waals surface area contributed by atoms with Crippen molar-refractivity contribution in [1.82, 2.24) is 0 Å². The van der Waals surface area contributed by atoms with Crippen molar-refractivity contribution in [3.8, 4) is 0 Å². The standard InChI is InChI=1S/C10H7F2N3O/c11-8-2-1-5(3-9(8)12)6-4-7(6)10(16)14-15-13/h1-3,6-7H,4H2/t6-,7-/m1/s1. The van der Waals surface area contributed by atoms with Gasteiger partial charge in [0.25, 0.3) is 0 Å². The fourth-order valence-electron chi connectivity index (χ4n) is 1.70. The Hall–Kier alpha value is -1.94. The van der Waals surface area contributed by atoms with Crippen molar-refractivity contribution < 1.29 is 13.6 Å². The Bertz CT molecular complexity index is 497. The van der Waals surface area contributed by atoms with Crippen LogP contribution in [-0.2, 0) is 4.79 Å².